The summed E-state index contributed by atoms with van der Waals surface area (Å²) in [5.74, 6) is 0. The number of benzene rings is 1. The lowest BCUT2D eigenvalue weighted by molar-refractivity contribution is 0.250. The van der Waals surface area contributed by atoms with Gasteiger partial charge >= 0.3 is 0 Å². The van der Waals surface area contributed by atoms with Gasteiger partial charge in [-0.15, -0.1) is 0 Å². The maximum atomic E-state index is 11.5. The topological polar surface area (TPSA) is 78.7 Å². The molecule has 0 aliphatic carbocycles. The van der Waals surface area contributed by atoms with Gasteiger partial charge in [-0.05, 0) is 45.1 Å². The minimum atomic E-state index is -3.32. The molecule has 0 unspecified atom stereocenters. The lowest BCUT2D eigenvalue weighted by Gasteiger charge is -2.37. The van der Waals surface area contributed by atoms with Crippen LogP contribution in [0, 0.1) is 0 Å². The van der Waals surface area contributed by atoms with Crippen molar-refractivity contribution in [2.24, 2.45) is 0 Å². The Labute approximate surface area is 127 Å². The van der Waals surface area contributed by atoms with Gasteiger partial charge in [-0.2, -0.15) is 0 Å². The third kappa shape index (κ3) is 4.25. The Kier molecular flexibility index (Phi) is 4.63. The largest absolute Gasteiger partial charge is 0.399 e. The number of hydrogen-bond acceptors (Lipinski definition) is 5. The van der Waals surface area contributed by atoms with E-state index >= 15 is 0 Å². The Hall–Kier alpha value is -1.47. The van der Waals surface area contributed by atoms with Gasteiger partial charge in [0.05, 0.1) is 17.6 Å². The summed E-state index contributed by atoms with van der Waals surface area (Å²) in [6, 6.07) is 5.95. The molecule has 1 fully saturated rings. The maximum Gasteiger partial charge on any atom is 0.229 e. The lowest BCUT2D eigenvalue weighted by atomic mass is 10.0. The van der Waals surface area contributed by atoms with Crippen molar-refractivity contribution in [3.05, 3.63) is 18.2 Å². The molecular weight excluding hydrogens is 288 g/mol. The SMILES string of the molecule is CN(C)C1CCN(c2ccc(N)cc2NS(C)(=O)=O)CC1. The zero-order valence-electron chi connectivity index (χ0n) is 12.8. The molecule has 1 aliphatic heterocycles. The van der Waals surface area contributed by atoms with Crippen LogP contribution in [0.15, 0.2) is 18.2 Å². The maximum absolute atomic E-state index is 11.5. The molecule has 3 N–H and O–H groups in total. The highest BCUT2D eigenvalue weighted by atomic mass is 32.2. The zero-order chi connectivity index (χ0) is 15.6. The fraction of sp³-hybridized carbons (Fsp3) is 0.571. The number of nitrogens with two attached hydrogens (primary N) is 1. The first-order valence-corrected chi connectivity index (χ1v) is 8.94. The van der Waals surface area contributed by atoms with Crippen molar-refractivity contribution in [2.45, 2.75) is 18.9 Å². The van der Waals surface area contributed by atoms with E-state index in [2.05, 4.69) is 28.6 Å². The fourth-order valence-corrected chi connectivity index (χ4v) is 3.30. The van der Waals surface area contributed by atoms with Gasteiger partial charge in [0.25, 0.3) is 0 Å². The molecule has 1 heterocycles. The van der Waals surface area contributed by atoms with Crippen molar-refractivity contribution in [3.63, 3.8) is 0 Å². The van der Waals surface area contributed by atoms with Crippen LogP contribution in [-0.4, -0.2) is 52.8 Å². The number of nitrogens with one attached hydrogen (secondary N) is 1. The number of nitrogens with zero attached hydrogens (tertiary/aromatic N) is 2. The van der Waals surface area contributed by atoms with Crippen LogP contribution < -0.4 is 15.4 Å². The normalized spacial score (nSPS) is 17.2. The second-order valence-electron chi connectivity index (χ2n) is 5.83. The van der Waals surface area contributed by atoms with E-state index in [9.17, 15) is 8.42 Å². The van der Waals surface area contributed by atoms with E-state index in [-0.39, 0.29) is 0 Å². The second-order valence-corrected chi connectivity index (χ2v) is 7.58. The van der Waals surface area contributed by atoms with E-state index in [1.165, 1.54) is 0 Å². The van der Waals surface area contributed by atoms with E-state index in [0.717, 1.165) is 37.9 Å². The van der Waals surface area contributed by atoms with Gasteiger partial charge in [0.15, 0.2) is 0 Å². The van der Waals surface area contributed by atoms with Crippen molar-refractivity contribution in [3.8, 4) is 0 Å². The third-order valence-corrected chi connectivity index (χ3v) is 4.44. The molecule has 7 heteroatoms. The van der Waals surface area contributed by atoms with Crippen molar-refractivity contribution in [1.82, 2.24) is 4.90 Å². The van der Waals surface area contributed by atoms with Crippen molar-refractivity contribution >= 4 is 27.1 Å². The standard InChI is InChI=1S/C14H24N4O2S/c1-17(2)12-6-8-18(9-7-12)14-5-4-11(15)10-13(14)16-21(3,19)20/h4-5,10,12,16H,6-9,15H2,1-3H3. The molecule has 0 radical (unpaired) electrons. The molecule has 1 aromatic rings. The monoisotopic (exact) mass is 312 g/mol. The van der Waals surface area contributed by atoms with Crippen LogP contribution in [0.3, 0.4) is 0 Å². The summed E-state index contributed by atoms with van der Waals surface area (Å²) in [5.41, 5.74) is 7.78. The van der Waals surface area contributed by atoms with Gasteiger partial charge in [0, 0.05) is 24.8 Å². The molecule has 1 aromatic carbocycles. The van der Waals surface area contributed by atoms with Crippen molar-refractivity contribution in [2.75, 3.05) is 48.8 Å². The minimum absolute atomic E-state index is 0.549. The number of nitrogen functional groups attached to an aromatic ring is 1. The molecule has 0 saturated carbocycles. The zero-order valence-corrected chi connectivity index (χ0v) is 13.7. The van der Waals surface area contributed by atoms with Crippen molar-refractivity contribution < 1.29 is 8.42 Å². The molecule has 0 spiro atoms. The molecule has 1 saturated heterocycles. The van der Waals surface area contributed by atoms with Gasteiger partial charge in [0.2, 0.25) is 10.0 Å². The van der Waals surface area contributed by atoms with Crippen molar-refractivity contribution in [1.29, 1.82) is 0 Å². The highest BCUT2D eigenvalue weighted by Gasteiger charge is 2.22. The molecule has 6 nitrogen and oxygen atoms in total. The first-order chi connectivity index (χ1) is 9.76. The molecule has 0 atom stereocenters. The van der Waals surface area contributed by atoms with E-state index in [1.807, 2.05) is 6.07 Å². The van der Waals surface area contributed by atoms with Crippen LogP contribution >= 0.6 is 0 Å². The quantitative estimate of drug-likeness (QED) is 0.816. The number of rotatable bonds is 4. The van der Waals surface area contributed by atoms with Gasteiger partial charge < -0.3 is 15.5 Å². The molecule has 0 aromatic heterocycles. The van der Waals surface area contributed by atoms with E-state index in [4.69, 9.17) is 5.73 Å². The fourth-order valence-electron chi connectivity index (χ4n) is 2.73. The van der Waals surface area contributed by atoms with Gasteiger partial charge in [-0.3, -0.25) is 4.72 Å². The Morgan fingerprint density at radius 1 is 1.29 bits per heavy atom. The number of anilines is 3. The number of piperidine rings is 1. The first kappa shape index (κ1) is 15.9. The summed E-state index contributed by atoms with van der Waals surface area (Å²) in [7, 11) is 0.875. The summed E-state index contributed by atoms with van der Waals surface area (Å²) < 4.78 is 25.6. The molecule has 21 heavy (non-hydrogen) atoms. The predicted molar refractivity (Wildman–Crippen MR) is 88.2 cm³/mol. The molecular formula is C14H24N4O2S. The average molecular weight is 312 g/mol. The highest BCUT2D eigenvalue weighted by Crippen LogP contribution is 2.31. The number of hydrogen-bond donors (Lipinski definition) is 2. The highest BCUT2D eigenvalue weighted by molar-refractivity contribution is 7.92. The summed E-state index contributed by atoms with van der Waals surface area (Å²) in [6.07, 6.45) is 3.28. The van der Waals surface area contributed by atoms with Crippen LogP contribution in [-0.2, 0) is 10.0 Å². The van der Waals surface area contributed by atoms with E-state index in [1.54, 1.807) is 12.1 Å². The minimum Gasteiger partial charge on any atom is -0.399 e. The van der Waals surface area contributed by atoms with Crippen LogP contribution in [0.1, 0.15) is 12.8 Å². The molecule has 2 rings (SSSR count). The summed E-state index contributed by atoms with van der Waals surface area (Å²) in [4.78, 5) is 4.46. The van der Waals surface area contributed by atoms with Crippen LogP contribution in [0.4, 0.5) is 17.1 Å². The van der Waals surface area contributed by atoms with Gasteiger partial charge in [0.1, 0.15) is 0 Å². The van der Waals surface area contributed by atoms with Crippen LogP contribution in [0.2, 0.25) is 0 Å². The number of sulfonamides is 1. The summed E-state index contributed by atoms with van der Waals surface area (Å²) >= 11 is 0. The van der Waals surface area contributed by atoms with Gasteiger partial charge in [-0.25, -0.2) is 8.42 Å². The predicted octanol–water partition coefficient (Wildman–Crippen LogP) is 1.17. The smallest absolute Gasteiger partial charge is 0.229 e. The Morgan fingerprint density at radius 3 is 2.43 bits per heavy atom. The molecule has 0 amide bonds. The van der Waals surface area contributed by atoms with Crippen LogP contribution in [0.5, 0.6) is 0 Å². The second kappa shape index (κ2) is 6.11. The van der Waals surface area contributed by atoms with E-state index in [0.29, 0.717) is 17.4 Å². The lowest BCUT2D eigenvalue weighted by Crippen LogP contribution is -2.42. The first-order valence-electron chi connectivity index (χ1n) is 7.05. The average Bonchev–Trinajstić information content (AvgIpc) is 2.37. The third-order valence-electron chi connectivity index (χ3n) is 3.85. The Balaban J connectivity index is 2.20. The van der Waals surface area contributed by atoms with Gasteiger partial charge in [-0.1, -0.05) is 0 Å². The van der Waals surface area contributed by atoms with E-state index < -0.39 is 10.0 Å². The molecule has 118 valence electrons. The van der Waals surface area contributed by atoms with Crippen LogP contribution in [0.25, 0.3) is 0 Å². The Morgan fingerprint density at radius 2 is 1.90 bits per heavy atom. The molecule has 1 aliphatic rings. The molecule has 0 bridgehead atoms. The summed E-state index contributed by atoms with van der Waals surface area (Å²) in [6.45, 7) is 1.82. The summed E-state index contributed by atoms with van der Waals surface area (Å²) in [5, 5.41) is 0. The Bertz CT molecular complexity index is 593.